The zero-order chi connectivity index (χ0) is 34.8. The van der Waals surface area contributed by atoms with Crippen molar-refractivity contribution in [3.05, 3.63) is 53.6 Å². The topological polar surface area (TPSA) is 138 Å². The fourth-order valence-corrected chi connectivity index (χ4v) is 7.49. The second-order valence-electron chi connectivity index (χ2n) is 13.5. The molecular weight excluding hydrogens is 632 g/mol. The molecule has 2 aromatic carbocycles. The van der Waals surface area contributed by atoms with Gasteiger partial charge in [-0.15, -0.1) is 0 Å². The quantitative estimate of drug-likeness (QED) is 0.331. The van der Waals surface area contributed by atoms with Crippen LogP contribution in [0.2, 0.25) is 0 Å². The molecule has 48 heavy (non-hydrogen) atoms. The Bertz CT molecular complexity index is 1460. The van der Waals surface area contributed by atoms with E-state index < -0.39 is 22.2 Å². The lowest BCUT2D eigenvalue weighted by atomic mass is 9.96. The highest BCUT2D eigenvalue weighted by Crippen LogP contribution is 2.29. The lowest BCUT2D eigenvalue weighted by Crippen LogP contribution is -2.48. The first kappa shape index (κ1) is 37.6. The summed E-state index contributed by atoms with van der Waals surface area (Å²) in [5.41, 5.74) is 1.70. The number of nitrogens with one attached hydrogen (secondary N) is 2. The van der Waals surface area contributed by atoms with E-state index >= 15 is 0 Å². The molecule has 1 heterocycles. The number of aliphatic hydroxyl groups is 1. The Morgan fingerprint density at radius 2 is 1.73 bits per heavy atom. The maximum atomic E-state index is 14.4. The summed E-state index contributed by atoms with van der Waals surface area (Å²) in [6.07, 6.45) is 6.85. The number of hydrogen-bond donors (Lipinski definition) is 3. The van der Waals surface area contributed by atoms with E-state index in [2.05, 4.69) is 10.6 Å². The third kappa shape index (κ3) is 10.2. The number of hydrogen-bond acceptors (Lipinski definition) is 7. The molecule has 11 nitrogen and oxygen atoms in total. The Kier molecular flexibility index (Phi) is 13.7. The van der Waals surface area contributed by atoms with E-state index in [4.69, 9.17) is 9.47 Å². The maximum absolute atomic E-state index is 14.4. The molecule has 0 saturated heterocycles. The van der Waals surface area contributed by atoms with E-state index in [1.54, 1.807) is 61.3 Å². The van der Waals surface area contributed by atoms with Gasteiger partial charge in [0.05, 0.1) is 35.3 Å². The van der Waals surface area contributed by atoms with Crippen molar-refractivity contribution < 1.29 is 32.6 Å². The van der Waals surface area contributed by atoms with Crippen LogP contribution >= 0.6 is 0 Å². The molecule has 0 aromatic heterocycles. The fraction of sp³-hybridized carbons (Fsp3) is 0.611. The minimum atomic E-state index is -3.78. The number of carbonyl (C=O) groups is 2. The third-order valence-corrected chi connectivity index (χ3v) is 11.3. The minimum absolute atomic E-state index is 0.0905. The van der Waals surface area contributed by atoms with Crippen molar-refractivity contribution in [2.45, 2.75) is 108 Å². The van der Waals surface area contributed by atoms with Crippen LogP contribution in [0.25, 0.3) is 0 Å². The largest absolute Gasteiger partial charge is 0.490 e. The number of benzene rings is 2. The van der Waals surface area contributed by atoms with Crippen molar-refractivity contribution in [1.82, 2.24) is 14.5 Å². The number of aryl methyl sites for hydroxylation is 1. The summed E-state index contributed by atoms with van der Waals surface area (Å²) in [6, 6.07) is 11.1. The number of rotatable bonds is 8. The molecule has 1 aliphatic heterocycles. The highest BCUT2D eigenvalue weighted by Gasteiger charge is 2.32. The van der Waals surface area contributed by atoms with Crippen molar-refractivity contribution in [3.63, 3.8) is 0 Å². The van der Waals surface area contributed by atoms with Crippen molar-refractivity contribution >= 4 is 27.6 Å². The van der Waals surface area contributed by atoms with Crippen molar-refractivity contribution in [1.29, 1.82) is 0 Å². The summed E-state index contributed by atoms with van der Waals surface area (Å²) in [5.74, 6) is -0.256. The minimum Gasteiger partial charge on any atom is -0.490 e. The molecule has 12 heteroatoms. The number of carbonyl (C=O) groups excluding carboxylic acids is 2. The highest BCUT2D eigenvalue weighted by atomic mass is 32.2. The molecule has 266 valence electrons. The lowest BCUT2D eigenvalue weighted by Gasteiger charge is -2.35. The first-order valence-corrected chi connectivity index (χ1v) is 18.8. The zero-order valence-corrected chi connectivity index (χ0v) is 29.9. The van der Waals surface area contributed by atoms with Gasteiger partial charge in [0.25, 0.3) is 5.91 Å². The van der Waals surface area contributed by atoms with Crippen molar-refractivity contribution in [3.8, 4) is 5.75 Å². The average molecular weight is 687 g/mol. The van der Waals surface area contributed by atoms with Gasteiger partial charge in [0, 0.05) is 44.4 Å². The highest BCUT2D eigenvalue weighted by molar-refractivity contribution is 7.89. The maximum Gasteiger partial charge on any atom is 0.319 e. The molecule has 0 unspecified atom stereocenters. The molecule has 1 aliphatic carbocycles. The molecule has 0 spiro atoms. The van der Waals surface area contributed by atoms with Gasteiger partial charge in [-0.25, -0.2) is 13.2 Å². The van der Waals surface area contributed by atoms with Crippen molar-refractivity contribution in [2.75, 3.05) is 38.7 Å². The van der Waals surface area contributed by atoms with E-state index in [9.17, 15) is 23.1 Å². The van der Waals surface area contributed by atoms with Crippen LogP contribution < -0.4 is 15.4 Å². The number of aliphatic hydroxyl groups excluding tert-OH is 1. The Balaban J connectivity index is 1.60. The SMILES string of the molecule is Cc1ccc(S(=O)(=O)N(C)C[C@H]2OCCCC[C@H](C)Oc3ccc(NC(=O)NC4CCCCC4)cc3C(=O)N([C@H](C)CO)C[C@@H]2C)cc1. The van der Waals surface area contributed by atoms with Gasteiger partial charge >= 0.3 is 6.03 Å². The zero-order valence-electron chi connectivity index (χ0n) is 29.1. The van der Waals surface area contributed by atoms with Gasteiger partial charge in [0.2, 0.25) is 10.0 Å². The van der Waals surface area contributed by atoms with E-state index in [-0.39, 0.29) is 60.2 Å². The van der Waals surface area contributed by atoms with E-state index in [1.165, 1.54) is 10.7 Å². The second-order valence-corrected chi connectivity index (χ2v) is 15.6. The molecular formula is C36H54N4O7S. The number of urea groups is 1. The van der Waals surface area contributed by atoms with Gasteiger partial charge in [-0.2, -0.15) is 4.31 Å². The summed E-state index contributed by atoms with van der Waals surface area (Å²) in [6.45, 7) is 7.99. The number of likely N-dealkylation sites (N-methyl/N-ethyl adjacent to an activating group) is 1. The second kappa shape index (κ2) is 17.5. The first-order valence-electron chi connectivity index (χ1n) is 17.3. The summed E-state index contributed by atoms with van der Waals surface area (Å²) < 4.78 is 40.9. The molecule has 2 aromatic rings. The van der Waals surface area contributed by atoms with Crippen LogP contribution in [0.4, 0.5) is 10.5 Å². The number of amides is 3. The van der Waals surface area contributed by atoms with Gasteiger partial charge in [-0.3, -0.25) is 4.79 Å². The van der Waals surface area contributed by atoms with Gasteiger partial charge in [-0.1, -0.05) is 43.9 Å². The van der Waals surface area contributed by atoms with Gasteiger partial charge in [0.1, 0.15) is 5.75 Å². The molecule has 1 fully saturated rings. The number of fused-ring (bicyclic) bond motifs is 1. The Labute approximate surface area is 286 Å². The van der Waals surface area contributed by atoms with E-state index in [0.717, 1.165) is 50.5 Å². The molecule has 0 bridgehead atoms. The van der Waals surface area contributed by atoms with Crippen LogP contribution in [0.15, 0.2) is 47.4 Å². The fourth-order valence-electron chi connectivity index (χ4n) is 6.30. The number of nitrogens with zero attached hydrogens (tertiary/aromatic N) is 2. The molecule has 1 saturated carbocycles. The monoisotopic (exact) mass is 686 g/mol. The summed E-state index contributed by atoms with van der Waals surface area (Å²) in [5, 5.41) is 16.2. The normalized spacial score (nSPS) is 22.7. The Morgan fingerprint density at radius 3 is 2.42 bits per heavy atom. The van der Waals surface area contributed by atoms with Crippen LogP contribution in [0.5, 0.6) is 5.75 Å². The molecule has 2 aliphatic rings. The van der Waals surface area contributed by atoms with Crippen LogP contribution in [0, 0.1) is 12.8 Å². The summed E-state index contributed by atoms with van der Waals surface area (Å²) in [4.78, 5) is 29.0. The number of ether oxygens (including phenoxy) is 2. The standard InChI is InChI=1S/C36H54N4O7S/c1-25-14-17-31(18-15-25)48(44,45)39(5)23-34-26(2)22-40(27(3)24-41)35(42)32-21-30(38-36(43)37-29-12-7-6-8-13-29)16-19-33(32)47-28(4)11-9-10-20-46-34/h14-19,21,26-29,34,41H,6-13,20,22-24H2,1-5H3,(H2,37,38,43)/t26-,27+,28-,34+/m0/s1. The molecule has 4 rings (SSSR count). The molecule has 3 amide bonds. The third-order valence-electron chi connectivity index (χ3n) is 9.42. The summed E-state index contributed by atoms with van der Waals surface area (Å²) >= 11 is 0. The number of sulfonamides is 1. The Hall–Kier alpha value is -3.19. The van der Waals surface area contributed by atoms with Crippen LogP contribution in [0.3, 0.4) is 0 Å². The van der Waals surface area contributed by atoms with Crippen LogP contribution in [0.1, 0.15) is 88.1 Å². The van der Waals surface area contributed by atoms with Gasteiger partial charge in [0.15, 0.2) is 0 Å². The molecule has 3 N–H and O–H groups in total. The van der Waals surface area contributed by atoms with Crippen molar-refractivity contribution in [2.24, 2.45) is 5.92 Å². The lowest BCUT2D eigenvalue weighted by molar-refractivity contribution is -0.00833. The van der Waals surface area contributed by atoms with Gasteiger partial charge in [-0.05, 0) is 83.2 Å². The average Bonchev–Trinajstić information content (AvgIpc) is 3.06. The van der Waals surface area contributed by atoms with Crippen LogP contribution in [-0.2, 0) is 14.8 Å². The predicted molar refractivity (Wildman–Crippen MR) is 187 cm³/mol. The molecule has 4 atom stereocenters. The number of anilines is 1. The van der Waals surface area contributed by atoms with Gasteiger partial charge < -0.3 is 30.1 Å². The Morgan fingerprint density at radius 1 is 1.04 bits per heavy atom. The predicted octanol–water partition coefficient (Wildman–Crippen LogP) is 5.57. The molecule has 0 radical (unpaired) electrons. The van der Waals surface area contributed by atoms with Crippen LogP contribution in [-0.4, -0.2) is 92.3 Å². The summed E-state index contributed by atoms with van der Waals surface area (Å²) in [7, 11) is -2.23. The van der Waals surface area contributed by atoms with E-state index in [0.29, 0.717) is 18.0 Å². The van der Waals surface area contributed by atoms with E-state index in [1.807, 2.05) is 20.8 Å². The first-order chi connectivity index (χ1) is 22.9. The smallest absolute Gasteiger partial charge is 0.319 e.